The first-order valence-electron chi connectivity index (χ1n) is 5.26. The molecule has 0 radical (unpaired) electrons. The molecule has 0 fully saturated rings. The molecule has 0 amide bonds. The minimum absolute atomic E-state index is 0.771. The molecule has 18 heavy (non-hydrogen) atoms. The van der Waals surface area contributed by atoms with Gasteiger partial charge in [0.2, 0.25) is 0 Å². The summed E-state index contributed by atoms with van der Waals surface area (Å²) in [6, 6.07) is 8.24. The molecule has 1 aromatic heterocycles. The largest absolute Gasteiger partial charge is 0.372 e. The highest BCUT2D eigenvalue weighted by Gasteiger charge is 2.04. The van der Waals surface area contributed by atoms with E-state index in [0.717, 1.165) is 25.4 Å². The maximum atomic E-state index is 4.46. The van der Waals surface area contributed by atoms with Crippen molar-refractivity contribution >= 4 is 56.1 Å². The number of thioether (sulfide) groups is 1. The summed E-state index contributed by atoms with van der Waals surface area (Å²) in [5, 5.41) is 3.07. The summed E-state index contributed by atoms with van der Waals surface area (Å²) in [7, 11) is 1.87. The molecule has 0 saturated carbocycles. The lowest BCUT2D eigenvalue weighted by atomic mass is 10.4. The van der Waals surface area contributed by atoms with E-state index in [4.69, 9.17) is 0 Å². The van der Waals surface area contributed by atoms with Crippen molar-refractivity contribution in [3.63, 3.8) is 0 Å². The smallest absolute Gasteiger partial charge is 0.142 e. The van der Waals surface area contributed by atoms with Crippen LogP contribution < -0.4 is 5.32 Å². The second-order valence-electron chi connectivity index (χ2n) is 3.48. The lowest BCUT2D eigenvalue weighted by Gasteiger charge is -2.05. The Morgan fingerprint density at radius 1 is 1.33 bits per heavy atom. The molecule has 0 bridgehead atoms. The Morgan fingerprint density at radius 2 is 2.06 bits per heavy atom. The molecule has 2 aromatic rings. The number of aromatic nitrogens is 2. The van der Waals surface area contributed by atoms with Crippen LogP contribution in [0.1, 0.15) is 5.82 Å². The van der Waals surface area contributed by atoms with Crippen LogP contribution in [0.25, 0.3) is 0 Å². The van der Waals surface area contributed by atoms with Gasteiger partial charge in [0, 0.05) is 22.6 Å². The molecule has 0 spiro atoms. The van der Waals surface area contributed by atoms with Gasteiger partial charge < -0.3 is 5.32 Å². The molecule has 1 N–H and O–H groups in total. The molecular formula is C12H11BrIN3S. The van der Waals surface area contributed by atoms with Crippen LogP contribution in [0.5, 0.6) is 0 Å². The van der Waals surface area contributed by atoms with Crippen LogP contribution >= 0.6 is 50.3 Å². The van der Waals surface area contributed by atoms with Crippen LogP contribution in [-0.4, -0.2) is 17.0 Å². The Bertz CT molecular complexity index is 533. The van der Waals surface area contributed by atoms with Crippen LogP contribution in [-0.2, 0) is 5.75 Å². The predicted molar refractivity (Wildman–Crippen MR) is 88.0 cm³/mol. The average molecular weight is 436 g/mol. The van der Waals surface area contributed by atoms with Gasteiger partial charge in [0.1, 0.15) is 11.6 Å². The Balaban J connectivity index is 2.04. The van der Waals surface area contributed by atoms with Gasteiger partial charge in [0.25, 0.3) is 0 Å². The van der Waals surface area contributed by atoms with Crippen LogP contribution in [0, 0.1) is 3.57 Å². The zero-order valence-electron chi connectivity index (χ0n) is 9.65. The third-order valence-corrected chi connectivity index (χ3v) is 4.54. The van der Waals surface area contributed by atoms with E-state index >= 15 is 0 Å². The van der Waals surface area contributed by atoms with Gasteiger partial charge in [-0.1, -0.05) is 15.9 Å². The molecule has 6 heteroatoms. The van der Waals surface area contributed by atoms with Gasteiger partial charge in [0.05, 0.1) is 9.32 Å². The summed E-state index contributed by atoms with van der Waals surface area (Å²) in [5.41, 5.74) is 0. The highest BCUT2D eigenvalue weighted by Crippen LogP contribution is 2.24. The van der Waals surface area contributed by atoms with E-state index in [0.29, 0.717) is 0 Å². The van der Waals surface area contributed by atoms with Gasteiger partial charge >= 0.3 is 0 Å². The van der Waals surface area contributed by atoms with E-state index < -0.39 is 0 Å². The molecule has 94 valence electrons. The molecular weight excluding hydrogens is 425 g/mol. The normalized spacial score (nSPS) is 10.4. The fraction of sp³-hybridized carbons (Fsp3) is 0.167. The van der Waals surface area contributed by atoms with E-state index in [-0.39, 0.29) is 0 Å². The Kier molecular flexibility index (Phi) is 5.25. The second kappa shape index (κ2) is 6.72. The van der Waals surface area contributed by atoms with Gasteiger partial charge in [-0.2, -0.15) is 0 Å². The van der Waals surface area contributed by atoms with E-state index in [1.807, 2.05) is 25.4 Å². The molecule has 0 saturated heterocycles. The molecule has 2 rings (SSSR count). The number of anilines is 1. The van der Waals surface area contributed by atoms with Crippen molar-refractivity contribution < 1.29 is 0 Å². The van der Waals surface area contributed by atoms with E-state index in [1.165, 1.54) is 4.90 Å². The van der Waals surface area contributed by atoms with Gasteiger partial charge in [-0.25, -0.2) is 9.97 Å². The first-order valence-corrected chi connectivity index (χ1v) is 8.12. The van der Waals surface area contributed by atoms with Gasteiger partial charge in [-0.15, -0.1) is 11.8 Å². The second-order valence-corrected chi connectivity index (χ2v) is 6.60. The quantitative estimate of drug-likeness (QED) is 0.577. The standard InChI is InChI=1S/C12H11BrIN3S/c1-15-12-10(14)6-16-11(17-12)7-18-9-4-2-8(13)3-5-9/h2-6H,7H2,1H3,(H,15,16,17). The number of nitrogens with one attached hydrogen (secondary N) is 1. The number of benzene rings is 1. The third-order valence-electron chi connectivity index (χ3n) is 2.21. The van der Waals surface area contributed by atoms with E-state index in [9.17, 15) is 0 Å². The van der Waals surface area contributed by atoms with Crippen LogP contribution in [0.4, 0.5) is 5.82 Å². The molecule has 0 aliphatic heterocycles. The van der Waals surface area contributed by atoms with Crippen molar-refractivity contribution in [1.82, 2.24) is 9.97 Å². The number of rotatable bonds is 4. The number of nitrogens with zero attached hydrogens (tertiary/aromatic N) is 2. The highest BCUT2D eigenvalue weighted by molar-refractivity contribution is 14.1. The van der Waals surface area contributed by atoms with Crippen LogP contribution in [0.2, 0.25) is 0 Å². The summed E-state index contributed by atoms with van der Waals surface area (Å²) in [4.78, 5) is 10.0. The summed E-state index contributed by atoms with van der Waals surface area (Å²) < 4.78 is 2.13. The van der Waals surface area contributed by atoms with E-state index in [2.05, 4.69) is 65.9 Å². The lowest BCUT2D eigenvalue weighted by molar-refractivity contribution is 1.02. The van der Waals surface area contributed by atoms with E-state index in [1.54, 1.807) is 11.8 Å². The molecule has 0 unspecified atom stereocenters. The molecule has 0 atom stereocenters. The summed E-state index contributed by atoms with van der Waals surface area (Å²) in [6.45, 7) is 0. The fourth-order valence-electron chi connectivity index (χ4n) is 1.33. The van der Waals surface area contributed by atoms with Crippen molar-refractivity contribution in [2.24, 2.45) is 0 Å². The summed E-state index contributed by atoms with van der Waals surface area (Å²) in [5.74, 6) is 2.50. The predicted octanol–water partition coefficient (Wildman–Crippen LogP) is 4.18. The minimum atomic E-state index is 0.771. The van der Waals surface area contributed by atoms with Crippen molar-refractivity contribution in [1.29, 1.82) is 0 Å². The summed E-state index contributed by atoms with van der Waals surface area (Å²) >= 11 is 7.38. The zero-order chi connectivity index (χ0) is 13.0. The number of halogens is 2. The molecule has 1 aromatic carbocycles. The van der Waals surface area contributed by atoms with Crippen LogP contribution in [0.3, 0.4) is 0 Å². The number of hydrogen-bond acceptors (Lipinski definition) is 4. The SMILES string of the molecule is CNc1nc(CSc2ccc(Br)cc2)ncc1I. The maximum absolute atomic E-state index is 4.46. The zero-order valence-corrected chi connectivity index (χ0v) is 14.2. The Morgan fingerprint density at radius 3 is 2.72 bits per heavy atom. The lowest BCUT2D eigenvalue weighted by Crippen LogP contribution is -2.01. The van der Waals surface area contributed by atoms with Crippen molar-refractivity contribution in [3.05, 3.63) is 44.3 Å². The first-order chi connectivity index (χ1) is 8.69. The highest BCUT2D eigenvalue weighted by atomic mass is 127. The molecule has 3 nitrogen and oxygen atoms in total. The van der Waals surface area contributed by atoms with Crippen molar-refractivity contribution in [2.45, 2.75) is 10.6 Å². The van der Waals surface area contributed by atoms with Crippen molar-refractivity contribution in [3.8, 4) is 0 Å². The minimum Gasteiger partial charge on any atom is -0.372 e. The molecule has 1 heterocycles. The maximum Gasteiger partial charge on any atom is 0.142 e. The topological polar surface area (TPSA) is 37.8 Å². The van der Waals surface area contributed by atoms with Gasteiger partial charge in [-0.05, 0) is 46.9 Å². The van der Waals surface area contributed by atoms with Crippen molar-refractivity contribution in [2.75, 3.05) is 12.4 Å². The monoisotopic (exact) mass is 435 g/mol. The first kappa shape index (κ1) is 14.1. The third kappa shape index (κ3) is 3.83. The van der Waals surface area contributed by atoms with Gasteiger partial charge in [0.15, 0.2) is 0 Å². The van der Waals surface area contributed by atoms with Gasteiger partial charge in [-0.3, -0.25) is 0 Å². The molecule has 0 aliphatic carbocycles. The Hall–Kier alpha value is -0.340. The average Bonchev–Trinajstić information content (AvgIpc) is 2.39. The summed E-state index contributed by atoms with van der Waals surface area (Å²) in [6.07, 6.45) is 1.84. The van der Waals surface area contributed by atoms with Crippen LogP contribution in [0.15, 0.2) is 39.8 Å². The number of hydrogen-bond donors (Lipinski definition) is 1. The molecule has 0 aliphatic rings. The Labute approximate surface area is 132 Å². The fourth-order valence-corrected chi connectivity index (χ4v) is 2.88.